The first-order valence-corrected chi connectivity index (χ1v) is 3.80. The van der Waals surface area contributed by atoms with Crippen molar-refractivity contribution in [3.05, 3.63) is 35.4 Å². The van der Waals surface area contributed by atoms with E-state index < -0.39 is 6.10 Å². The van der Waals surface area contributed by atoms with Gasteiger partial charge >= 0.3 is 0 Å². The summed E-state index contributed by atoms with van der Waals surface area (Å²) >= 11 is 0. The summed E-state index contributed by atoms with van der Waals surface area (Å²) < 4.78 is 0. The number of benzene rings is 1. The first-order chi connectivity index (χ1) is 5.29. The fraction of sp³-hybridized carbons (Fsp3) is 0.333. The van der Waals surface area contributed by atoms with E-state index in [1.54, 1.807) is 0 Å². The van der Waals surface area contributed by atoms with Gasteiger partial charge in [-0.15, -0.1) is 12.4 Å². The largest absolute Gasteiger partial charge is 0.387 e. The lowest BCUT2D eigenvalue weighted by molar-refractivity contribution is 0.159. The van der Waals surface area contributed by atoms with Gasteiger partial charge in [0, 0.05) is 6.04 Å². The average Bonchev–Trinajstić information content (AvgIpc) is 2.30. The van der Waals surface area contributed by atoms with E-state index in [9.17, 15) is 5.11 Å². The van der Waals surface area contributed by atoms with Gasteiger partial charge in [0.2, 0.25) is 0 Å². The second-order valence-corrected chi connectivity index (χ2v) is 3.01. The molecule has 1 aromatic carbocycles. The van der Waals surface area contributed by atoms with E-state index in [4.69, 9.17) is 5.73 Å². The fourth-order valence-electron chi connectivity index (χ4n) is 1.60. The summed E-state index contributed by atoms with van der Waals surface area (Å²) in [5.74, 6) is 0. The maximum Gasteiger partial charge on any atom is 0.0946 e. The number of aliphatic hydroxyl groups is 1. The van der Waals surface area contributed by atoms with Crippen LogP contribution in [0.5, 0.6) is 0 Å². The van der Waals surface area contributed by atoms with Crippen molar-refractivity contribution in [2.75, 3.05) is 0 Å². The Bertz CT molecular complexity index is 277. The van der Waals surface area contributed by atoms with Crippen molar-refractivity contribution < 1.29 is 5.11 Å². The van der Waals surface area contributed by atoms with E-state index in [2.05, 4.69) is 0 Å². The minimum Gasteiger partial charge on any atom is -0.387 e. The van der Waals surface area contributed by atoms with Gasteiger partial charge in [-0.3, -0.25) is 0 Å². The molecule has 2 atom stereocenters. The highest BCUT2D eigenvalue weighted by Crippen LogP contribution is 2.29. The molecule has 0 radical (unpaired) electrons. The summed E-state index contributed by atoms with van der Waals surface area (Å²) in [7, 11) is 0. The van der Waals surface area contributed by atoms with Crippen LogP contribution in [0, 0.1) is 0 Å². The second kappa shape index (κ2) is 3.44. The highest BCUT2D eigenvalue weighted by molar-refractivity contribution is 5.85. The molecule has 0 spiro atoms. The molecule has 0 unspecified atom stereocenters. The van der Waals surface area contributed by atoms with Crippen LogP contribution in [0.15, 0.2) is 24.3 Å². The molecule has 0 saturated carbocycles. The summed E-state index contributed by atoms with van der Waals surface area (Å²) in [6.45, 7) is 0. The lowest BCUT2D eigenvalue weighted by Gasteiger charge is -2.07. The van der Waals surface area contributed by atoms with Crippen molar-refractivity contribution in [2.45, 2.75) is 18.6 Å². The molecule has 1 aliphatic rings. The lowest BCUT2D eigenvalue weighted by atomic mass is 10.1. The highest BCUT2D eigenvalue weighted by atomic mass is 35.5. The standard InChI is InChI=1S/C9H11NO.ClH/c10-8-5-6-3-1-2-4-7(6)9(8)11;/h1-4,8-9,11H,5,10H2;1H/t8-,9-;/m0./s1. The molecule has 3 heteroatoms. The van der Waals surface area contributed by atoms with Crippen molar-refractivity contribution in [3.63, 3.8) is 0 Å². The normalized spacial score (nSPS) is 26.2. The summed E-state index contributed by atoms with van der Waals surface area (Å²) in [6.07, 6.45) is 0.350. The third-order valence-electron chi connectivity index (χ3n) is 2.23. The number of fused-ring (bicyclic) bond motifs is 1. The van der Waals surface area contributed by atoms with Gasteiger partial charge in [-0.1, -0.05) is 24.3 Å². The Labute approximate surface area is 77.8 Å². The summed E-state index contributed by atoms with van der Waals surface area (Å²) in [6, 6.07) is 7.76. The second-order valence-electron chi connectivity index (χ2n) is 3.01. The van der Waals surface area contributed by atoms with Gasteiger partial charge in [-0.25, -0.2) is 0 Å². The predicted octanol–water partition coefficient (Wildman–Crippen LogP) is 1.03. The molecular weight excluding hydrogens is 174 g/mol. The minimum absolute atomic E-state index is 0. The number of nitrogens with two attached hydrogens (primary N) is 1. The van der Waals surface area contributed by atoms with Gasteiger partial charge in [0.25, 0.3) is 0 Å². The smallest absolute Gasteiger partial charge is 0.0946 e. The van der Waals surface area contributed by atoms with E-state index >= 15 is 0 Å². The van der Waals surface area contributed by atoms with Crippen molar-refractivity contribution >= 4 is 12.4 Å². The molecule has 3 N–H and O–H groups in total. The van der Waals surface area contributed by atoms with E-state index in [1.807, 2.05) is 24.3 Å². The molecule has 1 aromatic rings. The Balaban J connectivity index is 0.000000720. The molecule has 12 heavy (non-hydrogen) atoms. The number of aliphatic hydroxyl groups excluding tert-OH is 1. The zero-order valence-electron chi connectivity index (χ0n) is 6.60. The third-order valence-corrected chi connectivity index (χ3v) is 2.23. The lowest BCUT2D eigenvalue weighted by Crippen LogP contribution is -2.24. The molecule has 0 fully saturated rings. The van der Waals surface area contributed by atoms with Crippen LogP contribution in [-0.4, -0.2) is 11.1 Å². The van der Waals surface area contributed by atoms with Crippen LogP contribution in [0.2, 0.25) is 0 Å². The first-order valence-electron chi connectivity index (χ1n) is 3.80. The monoisotopic (exact) mass is 185 g/mol. The topological polar surface area (TPSA) is 46.2 Å². The Morgan fingerprint density at radius 2 is 2.00 bits per heavy atom. The van der Waals surface area contributed by atoms with Crippen LogP contribution in [0.25, 0.3) is 0 Å². The zero-order chi connectivity index (χ0) is 7.84. The van der Waals surface area contributed by atoms with E-state index in [-0.39, 0.29) is 18.4 Å². The van der Waals surface area contributed by atoms with Crippen molar-refractivity contribution in [1.29, 1.82) is 0 Å². The summed E-state index contributed by atoms with van der Waals surface area (Å²) in [5.41, 5.74) is 7.87. The van der Waals surface area contributed by atoms with Crippen molar-refractivity contribution in [2.24, 2.45) is 5.73 Å². The SMILES string of the molecule is Cl.N[C@H]1Cc2ccccc2[C@@H]1O. The van der Waals surface area contributed by atoms with Gasteiger partial charge in [0.1, 0.15) is 0 Å². The van der Waals surface area contributed by atoms with Crippen LogP contribution in [0.1, 0.15) is 17.2 Å². The average molecular weight is 186 g/mol. The number of hydrogen-bond donors (Lipinski definition) is 2. The Morgan fingerprint density at radius 3 is 2.67 bits per heavy atom. The van der Waals surface area contributed by atoms with Gasteiger partial charge < -0.3 is 10.8 Å². The van der Waals surface area contributed by atoms with Gasteiger partial charge in [-0.05, 0) is 17.5 Å². The maximum atomic E-state index is 9.52. The number of halogens is 1. The van der Waals surface area contributed by atoms with Crippen LogP contribution < -0.4 is 5.73 Å². The van der Waals surface area contributed by atoms with E-state index in [1.165, 1.54) is 5.56 Å². The number of rotatable bonds is 0. The van der Waals surface area contributed by atoms with Crippen LogP contribution in [-0.2, 0) is 6.42 Å². The predicted molar refractivity (Wildman–Crippen MR) is 50.3 cm³/mol. The molecule has 2 rings (SSSR count). The number of hydrogen-bond acceptors (Lipinski definition) is 2. The quantitative estimate of drug-likeness (QED) is 0.634. The van der Waals surface area contributed by atoms with Crippen molar-refractivity contribution in [1.82, 2.24) is 0 Å². The molecule has 2 nitrogen and oxygen atoms in total. The minimum atomic E-state index is -0.453. The molecule has 0 bridgehead atoms. The molecule has 0 aliphatic heterocycles. The van der Waals surface area contributed by atoms with Crippen molar-refractivity contribution in [3.8, 4) is 0 Å². The fourth-order valence-corrected chi connectivity index (χ4v) is 1.60. The molecule has 0 saturated heterocycles. The molecule has 0 aromatic heterocycles. The van der Waals surface area contributed by atoms with Gasteiger partial charge in [0.15, 0.2) is 0 Å². The Hall–Kier alpha value is -0.570. The molecule has 0 heterocycles. The molecule has 0 amide bonds. The van der Waals surface area contributed by atoms with Gasteiger partial charge in [0.05, 0.1) is 6.10 Å². The summed E-state index contributed by atoms with van der Waals surface area (Å²) in [5, 5.41) is 9.52. The maximum absolute atomic E-state index is 9.52. The highest BCUT2D eigenvalue weighted by Gasteiger charge is 2.26. The van der Waals surface area contributed by atoms with Gasteiger partial charge in [-0.2, -0.15) is 0 Å². The third kappa shape index (κ3) is 1.33. The zero-order valence-corrected chi connectivity index (χ0v) is 7.42. The Morgan fingerprint density at radius 1 is 1.33 bits per heavy atom. The molecular formula is C9H12ClNO. The molecule has 1 aliphatic carbocycles. The Kier molecular flexibility index (Phi) is 2.73. The van der Waals surface area contributed by atoms with E-state index in [0.717, 1.165) is 12.0 Å². The summed E-state index contributed by atoms with van der Waals surface area (Å²) in [4.78, 5) is 0. The molecule has 66 valence electrons. The first kappa shape index (κ1) is 9.52. The van der Waals surface area contributed by atoms with Crippen LogP contribution in [0.4, 0.5) is 0 Å². The van der Waals surface area contributed by atoms with Crippen LogP contribution in [0.3, 0.4) is 0 Å². The van der Waals surface area contributed by atoms with E-state index in [0.29, 0.717) is 0 Å². The van der Waals surface area contributed by atoms with Crippen LogP contribution >= 0.6 is 12.4 Å².